The van der Waals surface area contributed by atoms with E-state index in [9.17, 15) is 9.59 Å². The van der Waals surface area contributed by atoms with Crippen LogP contribution in [0.15, 0.2) is 0 Å². The number of carbonyl (C=O) groups excluding carboxylic acids is 2. The fraction of sp³-hybridized carbons (Fsp3) is 0.895. The zero-order chi connectivity index (χ0) is 17.3. The van der Waals surface area contributed by atoms with Crippen molar-refractivity contribution >= 4 is 11.8 Å². The molecule has 1 unspecified atom stereocenters. The smallest absolute Gasteiger partial charge is 0.249 e. The first kappa shape index (κ1) is 17.3. The molecule has 6 heteroatoms. The van der Waals surface area contributed by atoms with Gasteiger partial charge < -0.3 is 19.7 Å². The molecule has 1 saturated carbocycles. The summed E-state index contributed by atoms with van der Waals surface area (Å²) in [6.45, 7) is 3.72. The van der Waals surface area contributed by atoms with Crippen LogP contribution in [0.4, 0.5) is 0 Å². The maximum Gasteiger partial charge on any atom is 0.249 e. The molecule has 0 radical (unpaired) electrons. The zero-order valence-electron chi connectivity index (χ0n) is 15.0. The fourth-order valence-electron chi connectivity index (χ4n) is 4.38. The Bertz CT molecular complexity index is 506. The average Bonchev–Trinajstić information content (AvgIpc) is 3.40. The highest BCUT2D eigenvalue weighted by molar-refractivity contribution is 5.81. The molecule has 4 aliphatic rings. The van der Waals surface area contributed by atoms with E-state index in [0.29, 0.717) is 19.1 Å². The van der Waals surface area contributed by atoms with Crippen LogP contribution in [-0.4, -0.2) is 61.3 Å². The molecule has 25 heavy (non-hydrogen) atoms. The second kappa shape index (κ2) is 7.23. The minimum atomic E-state index is -0.295. The topological polar surface area (TPSA) is 67.9 Å². The van der Waals surface area contributed by atoms with E-state index < -0.39 is 0 Å². The first-order chi connectivity index (χ1) is 12.2. The van der Waals surface area contributed by atoms with E-state index in [0.717, 1.165) is 58.2 Å². The van der Waals surface area contributed by atoms with Gasteiger partial charge in [-0.3, -0.25) is 9.59 Å². The number of amides is 2. The number of nitrogens with one attached hydrogen (secondary N) is 1. The van der Waals surface area contributed by atoms with Gasteiger partial charge in [0, 0.05) is 38.8 Å². The molecule has 1 aliphatic carbocycles. The summed E-state index contributed by atoms with van der Waals surface area (Å²) in [6, 6.07) is 0. The molecule has 2 amide bonds. The van der Waals surface area contributed by atoms with Crippen molar-refractivity contribution in [2.75, 3.05) is 32.8 Å². The lowest BCUT2D eigenvalue weighted by atomic mass is 9.87. The third-order valence-electron chi connectivity index (χ3n) is 6.37. The summed E-state index contributed by atoms with van der Waals surface area (Å²) in [6.07, 6.45) is 7.34. The molecule has 3 heterocycles. The molecule has 0 aromatic heterocycles. The first-order valence-electron chi connectivity index (χ1n) is 9.97. The van der Waals surface area contributed by atoms with Crippen molar-refractivity contribution in [3.63, 3.8) is 0 Å². The predicted octanol–water partition coefficient (Wildman–Crippen LogP) is 1.48. The van der Waals surface area contributed by atoms with Gasteiger partial charge in [-0.1, -0.05) is 0 Å². The Hall–Kier alpha value is -1.14. The summed E-state index contributed by atoms with van der Waals surface area (Å²) in [7, 11) is 0. The second-order valence-corrected chi connectivity index (χ2v) is 8.23. The highest BCUT2D eigenvalue weighted by Crippen LogP contribution is 2.39. The number of piperidine rings is 1. The largest absolute Gasteiger partial charge is 0.381 e. The molecular weight excluding hydrogens is 320 g/mol. The number of rotatable bonds is 4. The van der Waals surface area contributed by atoms with Gasteiger partial charge in [0.1, 0.15) is 6.10 Å². The van der Waals surface area contributed by atoms with E-state index >= 15 is 0 Å². The highest BCUT2D eigenvalue weighted by Gasteiger charge is 2.45. The van der Waals surface area contributed by atoms with E-state index in [1.807, 2.05) is 4.90 Å². The van der Waals surface area contributed by atoms with E-state index in [-0.39, 0.29) is 29.4 Å². The average molecular weight is 350 g/mol. The van der Waals surface area contributed by atoms with E-state index in [4.69, 9.17) is 9.47 Å². The maximum atomic E-state index is 12.6. The molecule has 6 nitrogen and oxygen atoms in total. The van der Waals surface area contributed by atoms with Crippen LogP contribution in [0, 0.1) is 11.8 Å². The Kier molecular flexibility index (Phi) is 5.00. The van der Waals surface area contributed by atoms with Crippen LogP contribution in [-0.2, 0) is 19.1 Å². The van der Waals surface area contributed by atoms with E-state index in [1.54, 1.807) is 0 Å². The molecular formula is C19H30N2O4. The molecule has 0 aromatic carbocycles. The number of hydrogen-bond acceptors (Lipinski definition) is 4. The van der Waals surface area contributed by atoms with Crippen molar-refractivity contribution in [1.82, 2.24) is 10.2 Å². The number of ether oxygens (including phenoxy) is 2. The van der Waals surface area contributed by atoms with Gasteiger partial charge in [-0.2, -0.15) is 0 Å². The van der Waals surface area contributed by atoms with Gasteiger partial charge in [0.05, 0.1) is 5.60 Å². The van der Waals surface area contributed by atoms with Crippen LogP contribution in [0.3, 0.4) is 0 Å². The van der Waals surface area contributed by atoms with Crippen LogP contribution in [0.25, 0.3) is 0 Å². The van der Waals surface area contributed by atoms with Crippen molar-refractivity contribution in [1.29, 1.82) is 0 Å². The summed E-state index contributed by atoms with van der Waals surface area (Å²) in [4.78, 5) is 26.9. The Balaban J connectivity index is 1.25. The SMILES string of the molecule is O=C(NCC1CC1)C1CCC2(CCN(C(=O)C3CCOCC3)CC2)O1. The lowest BCUT2D eigenvalue weighted by Gasteiger charge is -2.40. The van der Waals surface area contributed by atoms with Crippen LogP contribution in [0.5, 0.6) is 0 Å². The first-order valence-corrected chi connectivity index (χ1v) is 9.97. The van der Waals surface area contributed by atoms with Gasteiger partial charge in [0.25, 0.3) is 0 Å². The lowest BCUT2D eigenvalue weighted by Crippen LogP contribution is -2.49. The third kappa shape index (κ3) is 4.00. The number of nitrogens with zero attached hydrogens (tertiary/aromatic N) is 1. The lowest BCUT2D eigenvalue weighted by molar-refractivity contribution is -0.149. The van der Waals surface area contributed by atoms with Crippen molar-refractivity contribution in [3.8, 4) is 0 Å². The Morgan fingerprint density at radius 3 is 2.40 bits per heavy atom. The quantitative estimate of drug-likeness (QED) is 0.834. The molecule has 4 rings (SSSR count). The Morgan fingerprint density at radius 1 is 1.00 bits per heavy atom. The minimum absolute atomic E-state index is 0.0597. The maximum absolute atomic E-state index is 12.6. The highest BCUT2D eigenvalue weighted by atomic mass is 16.5. The number of likely N-dealkylation sites (tertiary alicyclic amines) is 1. The summed E-state index contributed by atoms with van der Waals surface area (Å²) in [5.41, 5.74) is -0.186. The van der Waals surface area contributed by atoms with Gasteiger partial charge in [-0.25, -0.2) is 0 Å². The standard InChI is InChI=1S/C19H30N2O4/c22-17(20-13-14-1-2-14)16-3-6-19(25-16)7-9-21(10-8-19)18(23)15-4-11-24-12-5-15/h14-16H,1-13H2,(H,20,22). The summed E-state index contributed by atoms with van der Waals surface area (Å²) >= 11 is 0. The van der Waals surface area contributed by atoms with Gasteiger partial charge in [0.2, 0.25) is 11.8 Å². The van der Waals surface area contributed by atoms with Crippen molar-refractivity contribution in [3.05, 3.63) is 0 Å². The monoisotopic (exact) mass is 350 g/mol. The molecule has 140 valence electrons. The number of carbonyl (C=O) groups is 2. The number of hydrogen-bond donors (Lipinski definition) is 1. The van der Waals surface area contributed by atoms with Gasteiger partial charge >= 0.3 is 0 Å². The molecule has 1 spiro atoms. The second-order valence-electron chi connectivity index (χ2n) is 8.23. The summed E-state index contributed by atoms with van der Waals surface area (Å²) in [5.74, 6) is 1.17. The van der Waals surface area contributed by atoms with Crippen LogP contribution in [0.1, 0.15) is 51.4 Å². The van der Waals surface area contributed by atoms with Gasteiger partial charge in [-0.15, -0.1) is 0 Å². The fourth-order valence-corrected chi connectivity index (χ4v) is 4.38. The molecule has 3 saturated heterocycles. The summed E-state index contributed by atoms with van der Waals surface area (Å²) in [5, 5.41) is 3.04. The molecule has 1 atom stereocenters. The summed E-state index contributed by atoms with van der Waals surface area (Å²) < 4.78 is 11.6. The van der Waals surface area contributed by atoms with Crippen LogP contribution in [0.2, 0.25) is 0 Å². The predicted molar refractivity (Wildman–Crippen MR) is 91.9 cm³/mol. The zero-order valence-corrected chi connectivity index (χ0v) is 15.0. The van der Waals surface area contributed by atoms with Crippen molar-refractivity contribution < 1.29 is 19.1 Å². The normalized spacial score (nSPS) is 29.8. The molecule has 0 bridgehead atoms. The van der Waals surface area contributed by atoms with Gasteiger partial charge in [0.15, 0.2) is 0 Å². The van der Waals surface area contributed by atoms with Gasteiger partial charge in [-0.05, 0) is 57.3 Å². The molecule has 3 aliphatic heterocycles. The van der Waals surface area contributed by atoms with E-state index in [2.05, 4.69) is 5.32 Å². The molecule has 1 N–H and O–H groups in total. The molecule has 4 fully saturated rings. The van der Waals surface area contributed by atoms with E-state index in [1.165, 1.54) is 12.8 Å². The van der Waals surface area contributed by atoms with Crippen molar-refractivity contribution in [2.45, 2.75) is 63.1 Å². The van der Waals surface area contributed by atoms with Crippen LogP contribution >= 0.6 is 0 Å². The Labute approximate surface area is 149 Å². The Morgan fingerprint density at radius 2 is 1.72 bits per heavy atom. The minimum Gasteiger partial charge on any atom is -0.381 e. The van der Waals surface area contributed by atoms with Crippen molar-refractivity contribution in [2.24, 2.45) is 11.8 Å². The third-order valence-corrected chi connectivity index (χ3v) is 6.37. The molecule has 0 aromatic rings. The van der Waals surface area contributed by atoms with Crippen LogP contribution < -0.4 is 5.32 Å².